The van der Waals surface area contributed by atoms with Gasteiger partial charge in [0.25, 0.3) is 0 Å². The van der Waals surface area contributed by atoms with E-state index in [0.717, 1.165) is 154 Å². The molecule has 0 amide bonds. The number of carbonyl (C=O) groups excluding carboxylic acids is 3. The molecule has 0 aromatic heterocycles. The molecule has 0 saturated carbocycles. The van der Waals surface area contributed by atoms with Gasteiger partial charge in [0.1, 0.15) is 13.2 Å². The molecule has 0 saturated heterocycles. The SMILES string of the molecule is CC/C=C\C/C=C\C/C=C\C/C=C\C/C=C\C/C=C\C/C=C\C/C=C\C/C=C\CCCCCCCC(=O)OCC(COC(=O)CCCCCCCCCCCCCC)OC(=O)CC/C=C\C/C=C\C/C=C\C/C=C\C/C=C\C/C=C\CC. The van der Waals surface area contributed by atoms with Crippen LogP contribution in [0.3, 0.4) is 0 Å². The topological polar surface area (TPSA) is 78.9 Å². The highest BCUT2D eigenvalue weighted by Gasteiger charge is 2.19. The van der Waals surface area contributed by atoms with Gasteiger partial charge in [-0.3, -0.25) is 14.4 Å². The minimum Gasteiger partial charge on any atom is -0.462 e. The molecule has 458 valence electrons. The van der Waals surface area contributed by atoms with E-state index in [1.807, 2.05) is 12.2 Å². The van der Waals surface area contributed by atoms with E-state index in [-0.39, 0.29) is 31.6 Å². The molecule has 1 unspecified atom stereocenters. The van der Waals surface area contributed by atoms with Crippen molar-refractivity contribution in [3.8, 4) is 0 Å². The third kappa shape index (κ3) is 65.3. The van der Waals surface area contributed by atoms with Crippen molar-refractivity contribution in [2.75, 3.05) is 13.2 Å². The number of hydrogen-bond acceptors (Lipinski definition) is 6. The Morgan fingerprint density at radius 3 is 0.793 bits per heavy atom. The fourth-order valence-electron chi connectivity index (χ4n) is 8.34. The second-order valence-electron chi connectivity index (χ2n) is 20.9. The summed E-state index contributed by atoms with van der Waals surface area (Å²) in [6.45, 7) is 6.32. The number of allylic oxidation sites excluding steroid dienone is 30. The number of rotatable bonds is 57. The highest BCUT2D eigenvalue weighted by molar-refractivity contribution is 5.71. The summed E-state index contributed by atoms with van der Waals surface area (Å²) in [6.07, 6.45) is 102. The fraction of sp³-hybridized carbons (Fsp3) is 0.566. The lowest BCUT2D eigenvalue weighted by Crippen LogP contribution is -2.30. The molecule has 6 heteroatoms. The van der Waals surface area contributed by atoms with E-state index in [1.54, 1.807) is 0 Å². The highest BCUT2D eigenvalue weighted by Crippen LogP contribution is 2.14. The van der Waals surface area contributed by atoms with E-state index in [0.29, 0.717) is 19.3 Å². The summed E-state index contributed by atoms with van der Waals surface area (Å²) >= 11 is 0. The van der Waals surface area contributed by atoms with Crippen LogP contribution in [-0.2, 0) is 28.6 Å². The Kier molecular flexibility index (Phi) is 63.5. The number of hydrogen-bond donors (Lipinski definition) is 0. The van der Waals surface area contributed by atoms with Crippen LogP contribution in [0.5, 0.6) is 0 Å². The normalized spacial score (nSPS) is 13.4. The van der Waals surface area contributed by atoms with E-state index < -0.39 is 12.1 Å². The molecule has 0 bridgehead atoms. The molecular formula is C76H118O6. The molecule has 0 aromatic rings. The van der Waals surface area contributed by atoms with Gasteiger partial charge in [0.2, 0.25) is 0 Å². The average Bonchev–Trinajstić information content (AvgIpc) is 3.47. The fourth-order valence-corrected chi connectivity index (χ4v) is 8.34. The van der Waals surface area contributed by atoms with Crippen molar-refractivity contribution >= 4 is 17.9 Å². The van der Waals surface area contributed by atoms with Crippen molar-refractivity contribution in [3.63, 3.8) is 0 Å². The Hall–Kier alpha value is -5.49. The van der Waals surface area contributed by atoms with Gasteiger partial charge in [-0.1, -0.05) is 293 Å². The summed E-state index contributed by atoms with van der Waals surface area (Å²) < 4.78 is 16.8. The number of carbonyl (C=O) groups is 3. The van der Waals surface area contributed by atoms with E-state index in [1.165, 1.54) is 57.8 Å². The Labute approximate surface area is 504 Å². The van der Waals surface area contributed by atoms with Gasteiger partial charge < -0.3 is 14.2 Å². The molecule has 0 fully saturated rings. The van der Waals surface area contributed by atoms with Crippen LogP contribution in [0.1, 0.15) is 258 Å². The lowest BCUT2D eigenvalue weighted by Gasteiger charge is -2.18. The molecule has 0 N–H and O–H groups in total. The zero-order chi connectivity index (χ0) is 59.2. The highest BCUT2D eigenvalue weighted by atomic mass is 16.6. The molecule has 0 aromatic carbocycles. The summed E-state index contributed by atoms with van der Waals surface area (Å²) in [6, 6.07) is 0. The smallest absolute Gasteiger partial charge is 0.306 e. The molecule has 0 rings (SSSR count). The summed E-state index contributed by atoms with van der Waals surface area (Å²) in [5.74, 6) is -1.03. The molecule has 0 aliphatic carbocycles. The number of esters is 3. The third-order valence-electron chi connectivity index (χ3n) is 13.2. The molecule has 0 radical (unpaired) electrons. The van der Waals surface area contributed by atoms with Gasteiger partial charge in [0, 0.05) is 19.3 Å². The average molecular weight is 1130 g/mol. The minimum atomic E-state index is -0.836. The van der Waals surface area contributed by atoms with Crippen molar-refractivity contribution in [1.29, 1.82) is 0 Å². The maximum absolute atomic E-state index is 12.9. The predicted molar refractivity (Wildman–Crippen MR) is 357 cm³/mol. The lowest BCUT2D eigenvalue weighted by molar-refractivity contribution is -0.166. The Morgan fingerprint density at radius 1 is 0.256 bits per heavy atom. The van der Waals surface area contributed by atoms with Gasteiger partial charge in [-0.15, -0.1) is 0 Å². The van der Waals surface area contributed by atoms with Crippen molar-refractivity contribution in [3.05, 3.63) is 182 Å². The second-order valence-corrected chi connectivity index (χ2v) is 20.9. The molecule has 0 heterocycles. The van der Waals surface area contributed by atoms with E-state index in [9.17, 15) is 14.4 Å². The van der Waals surface area contributed by atoms with Crippen molar-refractivity contribution < 1.29 is 28.6 Å². The number of ether oxygens (including phenoxy) is 3. The molecule has 0 aliphatic rings. The molecule has 0 spiro atoms. The monoisotopic (exact) mass is 1130 g/mol. The van der Waals surface area contributed by atoms with Crippen LogP contribution in [0.2, 0.25) is 0 Å². The largest absolute Gasteiger partial charge is 0.462 e. The van der Waals surface area contributed by atoms with Gasteiger partial charge in [0.05, 0.1) is 0 Å². The Morgan fingerprint density at radius 2 is 0.500 bits per heavy atom. The first-order chi connectivity index (χ1) is 40.5. The molecule has 1 atom stereocenters. The first kappa shape index (κ1) is 76.5. The van der Waals surface area contributed by atoms with Gasteiger partial charge in [-0.05, 0) is 128 Å². The van der Waals surface area contributed by atoms with Gasteiger partial charge >= 0.3 is 17.9 Å². The maximum Gasteiger partial charge on any atom is 0.306 e. The molecule has 0 aliphatic heterocycles. The first-order valence-corrected chi connectivity index (χ1v) is 32.8. The van der Waals surface area contributed by atoms with Crippen molar-refractivity contribution in [2.45, 2.75) is 264 Å². The van der Waals surface area contributed by atoms with Crippen LogP contribution < -0.4 is 0 Å². The summed E-state index contributed by atoms with van der Waals surface area (Å²) in [5, 5.41) is 0. The predicted octanol–water partition coefficient (Wildman–Crippen LogP) is 22.8. The lowest BCUT2D eigenvalue weighted by atomic mass is 10.0. The standard InChI is InChI=1S/C76H118O6/c1-4-7-10-13-16-19-22-25-27-29-31-32-33-34-35-36-37-38-39-40-41-42-43-44-46-47-49-51-54-57-60-63-66-69-75(78)81-72-73(71-80-74(77)68-65-62-59-56-53-24-21-18-15-12-9-6-3)82-76(79)70-67-64-61-58-55-52-50-48-45-30-28-26-23-20-17-14-11-8-5-2/h7-8,10-11,16-17,19-20,25-28,31-32,34-35,37-38,40-41,43-45,47-49,52,55,61,64,73H,4-6,9,12-15,18,21-24,29-30,33,36,39,42,46,50-51,53-54,56-60,62-63,65-72H2,1-3H3/b10-7-,11-8-,19-16-,20-17-,27-25-,28-26-,32-31-,35-34-,38-37-,41-40-,44-43-,48-45-,49-47-,55-52-,64-61-. The van der Waals surface area contributed by atoms with E-state index in [4.69, 9.17) is 14.2 Å². The number of unbranched alkanes of at least 4 members (excludes halogenated alkanes) is 16. The van der Waals surface area contributed by atoms with Crippen LogP contribution in [0.25, 0.3) is 0 Å². The Balaban J connectivity index is 4.43. The Bertz CT molecular complexity index is 1920. The van der Waals surface area contributed by atoms with E-state index >= 15 is 0 Å². The molecular weight excluding hydrogens is 1010 g/mol. The molecule has 6 nitrogen and oxygen atoms in total. The van der Waals surface area contributed by atoms with Gasteiger partial charge in [0.15, 0.2) is 6.10 Å². The zero-order valence-corrected chi connectivity index (χ0v) is 52.4. The van der Waals surface area contributed by atoms with Gasteiger partial charge in [-0.2, -0.15) is 0 Å². The minimum absolute atomic E-state index is 0.121. The van der Waals surface area contributed by atoms with Gasteiger partial charge in [-0.25, -0.2) is 0 Å². The van der Waals surface area contributed by atoms with E-state index in [2.05, 4.69) is 191 Å². The second kappa shape index (κ2) is 68.0. The zero-order valence-electron chi connectivity index (χ0n) is 52.4. The quantitative estimate of drug-likeness (QED) is 0.0261. The summed E-state index contributed by atoms with van der Waals surface area (Å²) in [4.78, 5) is 38.2. The van der Waals surface area contributed by atoms with Crippen LogP contribution >= 0.6 is 0 Å². The maximum atomic E-state index is 12.9. The first-order valence-electron chi connectivity index (χ1n) is 32.8. The van der Waals surface area contributed by atoms with Crippen molar-refractivity contribution in [1.82, 2.24) is 0 Å². The van der Waals surface area contributed by atoms with Crippen LogP contribution in [-0.4, -0.2) is 37.2 Å². The van der Waals surface area contributed by atoms with Crippen molar-refractivity contribution in [2.24, 2.45) is 0 Å². The van der Waals surface area contributed by atoms with Crippen LogP contribution in [0, 0.1) is 0 Å². The van der Waals surface area contributed by atoms with Crippen LogP contribution in [0.15, 0.2) is 182 Å². The summed E-state index contributed by atoms with van der Waals surface area (Å²) in [5.41, 5.74) is 0. The summed E-state index contributed by atoms with van der Waals surface area (Å²) in [7, 11) is 0. The van der Waals surface area contributed by atoms with Crippen LogP contribution in [0.4, 0.5) is 0 Å². The third-order valence-corrected chi connectivity index (χ3v) is 13.2. The molecule has 82 heavy (non-hydrogen) atoms.